The third-order valence-corrected chi connectivity index (χ3v) is 8.31. The number of carbonyl (C=O) groups excluding carboxylic acids is 3. The Balaban J connectivity index is 1.68. The maximum Gasteiger partial charge on any atom is 0.303 e. The zero-order valence-electron chi connectivity index (χ0n) is 27.6. The Bertz CT molecular complexity index is 1650. The van der Waals surface area contributed by atoms with Crippen LogP contribution in [-0.4, -0.2) is 49.7 Å². The molecule has 4 N–H and O–H groups in total. The molecule has 8 nitrogen and oxygen atoms in total. The summed E-state index contributed by atoms with van der Waals surface area (Å²) in [6.45, 7) is 14.4. The molecule has 3 rings (SSSR count). The molecule has 0 saturated heterocycles. The molecule has 0 aromatic heterocycles. The molecule has 0 aliphatic heterocycles. The summed E-state index contributed by atoms with van der Waals surface area (Å²) in [5.74, 6) is -3.46. The van der Waals surface area contributed by atoms with Crippen LogP contribution in [0.3, 0.4) is 0 Å². The normalized spacial score (nSPS) is 17.9. The SMILES string of the molecule is CC(=O)OC(C=C(C)C)C/C(C)=C/CC/C(C)=C/CC/C(C)=C/CC1(O)C(=O)c2c(O)cc(C)c3c(O)c(C)c(O)c(c23)C1=O. The Kier molecular flexibility index (Phi) is 11.2. The van der Waals surface area contributed by atoms with E-state index < -0.39 is 28.7 Å². The van der Waals surface area contributed by atoms with Crippen LogP contribution >= 0.6 is 0 Å². The first-order valence-corrected chi connectivity index (χ1v) is 15.3. The highest BCUT2D eigenvalue weighted by Gasteiger charge is 2.51. The highest BCUT2D eigenvalue weighted by Crippen LogP contribution is 2.49. The lowest BCUT2D eigenvalue weighted by Gasteiger charge is -2.32. The van der Waals surface area contributed by atoms with Crippen LogP contribution in [0, 0.1) is 13.8 Å². The Labute approximate surface area is 265 Å². The van der Waals surface area contributed by atoms with E-state index in [1.54, 1.807) is 13.0 Å². The number of aromatic hydroxyl groups is 3. The summed E-state index contributed by atoms with van der Waals surface area (Å²) in [6, 6.07) is 1.31. The van der Waals surface area contributed by atoms with Gasteiger partial charge < -0.3 is 25.2 Å². The van der Waals surface area contributed by atoms with Crippen LogP contribution in [0.25, 0.3) is 10.8 Å². The van der Waals surface area contributed by atoms with Crippen LogP contribution in [0.5, 0.6) is 17.2 Å². The van der Waals surface area contributed by atoms with Gasteiger partial charge in [-0.05, 0) is 91.9 Å². The van der Waals surface area contributed by atoms with E-state index in [2.05, 4.69) is 19.1 Å². The van der Waals surface area contributed by atoms with Gasteiger partial charge in [-0.1, -0.05) is 40.5 Å². The molecule has 45 heavy (non-hydrogen) atoms. The second kappa shape index (κ2) is 14.3. The Hall–Kier alpha value is -4.17. The molecule has 0 spiro atoms. The number of ketones is 2. The molecule has 1 aliphatic rings. The zero-order chi connectivity index (χ0) is 33.8. The molecule has 0 bridgehead atoms. The van der Waals surface area contributed by atoms with E-state index in [4.69, 9.17) is 4.74 Å². The van der Waals surface area contributed by atoms with Crippen LogP contribution in [0.4, 0.5) is 0 Å². The molecule has 0 radical (unpaired) electrons. The van der Waals surface area contributed by atoms with E-state index >= 15 is 0 Å². The van der Waals surface area contributed by atoms with Gasteiger partial charge in [0, 0.05) is 36.1 Å². The molecule has 0 saturated carbocycles. The van der Waals surface area contributed by atoms with E-state index in [9.17, 15) is 34.8 Å². The van der Waals surface area contributed by atoms with Crippen LogP contribution in [0.15, 0.2) is 52.7 Å². The zero-order valence-corrected chi connectivity index (χ0v) is 27.6. The molecule has 1 aliphatic carbocycles. The average molecular weight is 619 g/mol. The van der Waals surface area contributed by atoms with Crippen molar-refractivity contribution in [3.8, 4) is 17.2 Å². The van der Waals surface area contributed by atoms with E-state index in [-0.39, 0.29) is 51.7 Å². The summed E-state index contributed by atoms with van der Waals surface area (Å²) in [5.41, 5.74) is 1.74. The fourth-order valence-corrected chi connectivity index (χ4v) is 5.85. The predicted molar refractivity (Wildman–Crippen MR) is 176 cm³/mol. The number of allylic oxidation sites excluding steroid dienone is 5. The fourth-order valence-electron chi connectivity index (χ4n) is 5.85. The largest absolute Gasteiger partial charge is 0.507 e. The maximum absolute atomic E-state index is 13.6. The number of benzene rings is 2. The molecular formula is C37H46O8. The van der Waals surface area contributed by atoms with E-state index in [1.165, 1.54) is 25.5 Å². The lowest BCUT2D eigenvalue weighted by Crippen LogP contribution is -2.49. The number of aliphatic hydroxyl groups is 1. The third-order valence-electron chi connectivity index (χ3n) is 8.31. The van der Waals surface area contributed by atoms with Gasteiger partial charge in [0.25, 0.3) is 0 Å². The minimum atomic E-state index is -2.51. The average Bonchev–Trinajstić information content (AvgIpc) is 2.92. The molecule has 0 fully saturated rings. The summed E-state index contributed by atoms with van der Waals surface area (Å²) >= 11 is 0. The number of rotatable bonds is 12. The maximum atomic E-state index is 13.6. The number of ether oxygens (including phenoxy) is 1. The van der Waals surface area contributed by atoms with Gasteiger partial charge in [0.1, 0.15) is 23.4 Å². The Morgan fingerprint density at radius 1 is 0.822 bits per heavy atom. The standard InChI is InChI=1S/C37H46O8/c1-20(2)17-27(45-26(8)38)18-23(5)14-10-12-21(3)11-9-13-22(4)15-16-37(44)35(42)30-28(39)19-24(6)29-31(30)32(36(37)43)34(41)25(7)33(29)40/h11,14-15,17,19,27,39-41,44H,9-10,12-13,16,18H2,1-8H3/b21-11+,22-15+,23-14+. The molecular weight excluding hydrogens is 572 g/mol. The molecule has 2 unspecified atom stereocenters. The third kappa shape index (κ3) is 7.74. The van der Waals surface area contributed by atoms with Crippen molar-refractivity contribution in [2.24, 2.45) is 0 Å². The lowest BCUT2D eigenvalue weighted by molar-refractivity contribution is -0.144. The smallest absolute Gasteiger partial charge is 0.303 e. The molecule has 242 valence electrons. The van der Waals surface area contributed by atoms with Crippen molar-refractivity contribution in [3.63, 3.8) is 0 Å². The fraction of sp³-hybridized carbons (Fsp3) is 0.432. The van der Waals surface area contributed by atoms with Gasteiger partial charge >= 0.3 is 5.97 Å². The summed E-state index contributed by atoms with van der Waals surface area (Å²) in [6.07, 6.45) is 11.1. The summed E-state index contributed by atoms with van der Waals surface area (Å²) < 4.78 is 5.41. The van der Waals surface area contributed by atoms with Crippen molar-refractivity contribution in [2.45, 2.75) is 106 Å². The van der Waals surface area contributed by atoms with Crippen LogP contribution in [0.1, 0.15) is 112 Å². The number of carbonyl (C=O) groups is 3. The van der Waals surface area contributed by atoms with Gasteiger partial charge in [-0.15, -0.1) is 0 Å². The van der Waals surface area contributed by atoms with Crippen molar-refractivity contribution in [1.29, 1.82) is 0 Å². The quantitative estimate of drug-likeness (QED) is 0.107. The van der Waals surface area contributed by atoms with Gasteiger partial charge in [-0.3, -0.25) is 14.4 Å². The molecule has 0 heterocycles. The number of hydrogen-bond donors (Lipinski definition) is 4. The van der Waals surface area contributed by atoms with Crippen molar-refractivity contribution in [1.82, 2.24) is 0 Å². The van der Waals surface area contributed by atoms with Gasteiger partial charge in [-0.25, -0.2) is 0 Å². The number of hydrogen-bond acceptors (Lipinski definition) is 8. The highest BCUT2D eigenvalue weighted by molar-refractivity contribution is 6.36. The minimum Gasteiger partial charge on any atom is -0.507 e. The summed E-state index contributed by atoms with van der Waals surface area (Å²) in [5, 5.41) is 43.8. The predicted octanol–water partition coefficient (Wildman–Crippen LogP) is 7.76. The monoisotopic (exact) mass is 618 g/mol. The first-order chi connectivity index (χ1) is 21.0. The molecule has 8 heteroatoms. The molecule has 2 atom stereocenters. The van der Waals surface area contributed by atoms with E-state index in [0.29, 0.717) is 18.4 Å². The second-order valence-electron chi connectivity index (χ2n) is 12.6. The summed E-state index contributed by atoms with van der Waals surface area (Å²) in [4.78, 5) is 38.5. The Morgan fingerprint density at radius 2 is 1.38 bits per heavy atom. The first-order valence-electron chi connectivity index (χ1n) is 15.3. The van der Waals surface area contributed by atoms with E-state index in [0.717, 1.165) is 36.0 Å². The topological polar surface area (TPSA) is 141 Å². The van der Waals surface area contributed by atoms with Gasteiger partial charge in [0.15, 0.2) is 5.60 Å². The van der Waals surface area contributed by atoms with Crippen LogP contribution in [0.2, 0.25) is 0 Å². The number of phenols is 3. The number of aryl methyl sites for hydroxylation is 1. The number of phenolic OH excluding ortho intramolecular Hbond substituents is 3. The number of Topliss-reactive ketones (excluding diaryl/α,β-unsaturated/α-hetero) is 2. The van der Waals surface area contributed by atoms with Crippen molar-refractivity contribution in [3.05, 3.63) is 74.9 Å². The molecule has 2 aromatic carbocycles. The van der Waals surface area contributed by atoms with Crippen molar-refractivity contribution >= 4 is 28.3 Å². The molecule has 0 amide bonds. The van der Waals surface area contributed by atoms with Gasteiger partial charge in [0.05, 0.1) is 11.1 Å². The van der Waals surface area contributed by atoms with E-state index in [1.807, 2.05) is 33.8 Å². The van der Waals surface area contributed by atoms with Crippen LogP contribution in [-0.2, 0) is 9.53 Å². The first kappa shape index (κ1) is 35.3. The highest BCUT2D eigenvalue weighted by atomic mass is 16.5. The van der Waals surface area contributed by atoms with Crippen molar-refractivity contribution in [2.75, 3.05) is 0 Å². The van der Waals surface area contributed by atoms with Gasteiger partial charge in [0.2, 0.25) is 11.6 Å². The molecule has 2 aromatic rings. The van der Waals surface area contributed by atoms with Crippen molar-refractivity contribution < 1.29 is 39.5 Å². The second-order valence-corrected chi connectivity index (χ2v) is 12.6. The summed E-state index contributed by atoms with van der Waals surface area (Å²) in [7, 11) is 0. The minimum absolute atomic E-state index is 0.0452. The lowest BCUT2D eigenvalue weighted by atomic mass is 9.73. The number of esters is 1. The van der Waals surface area contributed by atoms with Crippen LogP contribution < -0.4 is 0 Å². The van der Waals surface area contributed by atoms with Gasteiger partial charge in [-0.2, -0.15) is 0 Å². The Morgan fingerprint density at radius 3 is 1.96 bits per heavy atom.